The number of hydrogen-bond acceptors (Lipinski definition) is 3. The maximum Gasteiger partial charge on any atom is 0.407 e. The minimum atomic E-state index is -5.52. The first-order valence-corrected chi connectivity index (χ1v) is 4.28. The van der Waals surface area contributed by atoms with Crippen LogP contribution in [0.1, 0.15) is 0 Å². The highest BCUT2D eigenvalue weighted by Gasteiger charge is 2.59. The Morgan fingerprint density at radius 3 is 2.00 bits per heavy atom. The summed E-state index contributed by atoms with van der Waals surface area (Å²) in [6.07, 6.45) is -11.0. The Morgan fingerprint density at radius 1 is 1.24 bits per heavy atom. The van der Waals surface area contributed by atoms with Gasteiger partial charge in [0.15, 0.2) is 0 Å². The van der Waals surface area contributed by atoms with Gasteiger partial charge in [-0.25, -0.2) is 5.84 Å². The van der Waals surface area contributed by atoms with Gasteiger partial charge in [0.2, 0.25) is 5.92 Å². The molecule has 0 radical (unpaired) electrons. The van der Waals surface area contributed by atoms with Crippen molar-refractivity contribution >= 4 is 5.84 Å². The minimum absolute atomic E-state index is 0.117. The van der Waals surface area contributed by atoms with Gasteiger partial charge in [0, 0.05) is 7.11 Å². The number of amidine groups is 1. The van der Waals surface area contributed by atoms with Gasteiger partial charge in [-0.1, -0.05) is 0 Å². The van der Waals surface area contributed by atoms with Crippen LogP contribution in [0.15, 0.2) is 4.99 Å². The third-order valence-electron chi connectivity index (χ3n) is 1.65. The van der Waals surface area contributed by atoms with E-state index in [0.29, 0.717) is 0 Å². The Bertz CT molecular complexity index is 247. The van der Waals surface area contributed by atoms with Crippen molar-refractivity contribution in [3.05, 3.63) is 0 Å². The number of methoxy groups -OCH3 is 1. The van der Waals surface area contributed by atoms with E-state index in [0.717, 1.165) is 0 Å². The molecule has 0 unspecified atom stereocenters. The van der Waals surface area contributed by atoms with Crippen molar-refractivity contribution in [3.8, 4) is 0 Å². The number of aliphatic imine (C=N–C) groups is 1. The number of nitrogens with zero attached hydrogens (tertiary/aromatic N) is 1. The van der Waals surface area contributed by atoms with E-state index in [1.54, 1.807) is 0 Å². The highest BCUT2D eigenvalue weighted by Crippen LogP contribution is 2.39. The average Bonchev–Trinajstić information content (AvgIpc) is 2.12. The summed E-state index contributed by atoms with van der Waals surface area (Å²) in [7, 11) is 1.23. The lowest BCUT2D eigenvalue weighted by molar-refractivity contribution is -0.261. The fourth-order valence-electron chi connectivity index (χ4n) is 0.973. The summed E-state index contributed by atoms with van der Waals surface area (Å²) in [4.78, 5) is 3.08. The maximum atomic E-state index is 12.2. The molecule has 0 amide bonds. The second-order valence-corrected chi connectivity index (χ2v) is 2.92. The van der Waals surface area contributed by atoms with E-state index in [1.807, 2.05) is 0 Å². The zero-order valence-electron chi connectivity index (χ0n) is 8.69. The lowest BCUT2D eigenvalue weighted by atomic mass is 10.1. The Kier molecular flexibility index (Phi) is 5.69. The zero-order chi connectivity index (χ0) is 13.7. The minimum Gasteiger partial charge on any atom is -0.383 e. The second-order valence-electron chi connectivity index (χ2n) is 2.92. The third kappa shape index (κ3) is 5.22. The summed E-state index contributed by atoms with van der Waals surface area (Å²) in [5.41, 5.74) is 1.33. The quantitative estimate of drug-likeness (QED) is 0.201. The van der Waals surface area contributed by atoms with Crippen LogP contribution < -0.4 is 11.3 Å². The third-order valence-corrected chi connectivity index (χ3v) is 1.65. The van der Waals surface area contributed by atoms with Crippen LogP contribution in [0.4, 0.5) is 26.3 Å². The van der Waals surface area contributed by atoms with Crippen LogP contribution in [0.5, 0.6) is 0 Å². The summed E-state index contributed by atoms with van der Waals surface area (Å²) in [5.74, 6) is -0.484. The fourth-order valence-corrected chi connectivity index (χ4v) is 0.973. The number of hydrazine groups is 1. The molecule has 3 N–H and O–H groups in total. The van der Waals surface area contributed by atoms with E-state index >= 15 is 0 Å². The lowest BCUT2D eigenvalue weighted by Crippen LogP contribution is -2.50. The van der Waals surface area contributed by atoms with Crippen molar-refractivity contribution in [1.82, 2.24) is 5.43 Å². The summed E-state index contributed by atoms with van der Waals surface area (Å²) in [6.45, 7) is -0.480. The van der Waals surface area contributed by atoms with Crippen LogP contribution in [-0.2, 0) is 4.74 Å². The van der Waals surface area contributed by atoms with Crippen LogP contribution >= 0.6 is 0 Å². The van der Waals surface area contributed by atoms with Gasteiger partial charge in [-0.2, -0.15) is 26.3 Å². The van der Waals surface area contributed by atoms with Crippen LogP contribution in [0.2, 0.25) is 0 Å². The van der Waals surface area contributed by atoms with Crippen molar-refractivity contribution in [2.45, 2.75) is 12.4 Å². The first-order valence-electron chi connectivity index (χ1n) is 4.28. The van der Waals surface area contributed by atoms with Crippen LogP contribution in [-0.4, -0.2) is 38.4 Å². The normalized spacial score (nSPS) is 14.3. The van der Waals surface area contributed by atoms with E-state index in [4.69, 9.17) is 0 Å². The molecule has 4 nitrogen and oxygen atoms in total. The van der Waals surface area contributed by atoms with Crippen molar-refractivity contribution in [3.63, 3.8) is 0 Å². The first kappa shape index (κ1) is 16.0. The van der Waals surface area contributed by atoms with E-state index in [-0.39, 0.29) is 13.2 Å². The molecule has 0 saturated heterocycles. The molecule has 0 aliphatic heterocycles. The fraction of sp³-hybridized carbons (Fsp3) is 0.857. The molecule has 0 heterocycles. The van der Waals surface area contributed by atoms with Gasteiger partial charge < -0.3 is 10.2 Å². The molecule has 0 aliphatic carbocycles. The van der Waals surface area contributed by atoms with Crippen molar-refractivity contribution in [1.29, 1.82) is 0 Å². The molecule has 0 aliphatic rings. The highest BCUT2D eigenvalue weighted by molar-refractivity contribution is 5.85. The predicted molar refractivity (Wildman–Crippen MR) is 47.1 cm³/mol. The summed E-state index contributed by atoms with van der Waals surface area (Å²) < 4.78 is 77.9. The monoisotopic (exact) mass is 267 g/mol. The van der Waals surface area contributed by atoms with Crippen LogP contribution in [0.3, 0.4) is 0 Å². The largest absolute Gasteiger partial charge is 0.407 e. The number of hydrogen-bond donors (Lipinski definition) is 2. The molecule has 0 atom stereocenters. The Morgan fingerprint density at radius 2 is 1.71 bits per heavy atom. The van der Waals surface area contributed by atoms with E-state index in [2.05, 4.69) is 15.6 Å². The molecule has 0 saturated carbocycles. The summed E-state index contributed by atoms with van der Waals surface area (Å²) >= 11 is 0. The number of halogens is 6. The zero-order valence-corrected chi connectivity index (χ0v) is 8.69. The number of alkyl halides is 6. The number of ether oxygens (including phenoxy) is 1. The molecule has 0 spiro atoms. The highest BCUT2D eigenvalue weighted by atomic mass is 19.4. The Balaban J connectivity index is 5.07. The summed E-state index contributed by atoms with van der Waals surface area (Å²) in [6, 6.07) is 0. The van der Waals surface area contributed by atoms with Crippen molar-refractivity contribution < 1.29 is 31.1 Å². The van der Waals surface area contributed by atoms with Crippen molar-refractivity contribution in [2.24, 2.45) is 16.8 Å². The molecular formula is C7H11F6N3O. The van der Waals surface area contributed by atoms with Gasteiger partial charge in [0.05, 0.1) is 13.2 Å². The molecule has 10 heteroatoms. The molecule has 0 aromatic carbocycles. The van der Waals surface area contributed by atoms with E-state index in [1.165, 1.54) is 12.5 Å². The van der Waals surface area contributed by atoms with Gasteiger partial charge in [0.1, 0.15) is 5.84 Å². The standard InChI is InChI=1S/C7H11F6N3O/c1-17-3-2-15-5(16-14)4(6(8,9)10)7(11,12)13/h4H,2-3,14H2,1H3,(H,15,16). The maximum absolute atomic E-state index is 12.2. The number of rotatable bonds is 4. The Labute approximate surface area is 92.8 Å². The molecule has 17 heavy (non-hydrogen) atoms. The number of nitrogens with two attached hydrogens (primary N) is 1. The van der Waals surface area contributed by atoms with Gasteiger partial charge in [0.25, 0.3) is 0 Å². The van der Waals surface area contributed by atoms with Crippen LogP contribution in [0.25, 0.3) is 0 Å². The summed E-state index contributed by atoms with van der Waals surface area (Å²) in [5, 5.41) is 0. The first-order chi connectivity index (χ1) is 7.64. The molecule has 0 fully saturated rings. The Hall–Kier alpha value is -1.03. The van der Waals surface area contributed by atoms with Gasteiger partial charge in [-0.05, 0) is 0 Å². The molecule has 0 aromatic heterocycles. The smallest absolute Gasteiger partial charge is 0.383 e. The molecule has 0 bridgehead atoms. The van der Waals surface area contributed by atoms with Crippen molar-refractivity contribution in [2.75, 3.05) is 20.3 Å². The van der Waals surface area contributed by atoms with Gasteiger partial charge in [-0.3, -0.25) is 4.99 Å². The van der Waals surface area contributed by atoms with Crippen LogP contribution in [0, 0.1) is 5.92 Å². The number of nitrogens with one attached hydrogen (secondary N) is 1. The predicted octanol–water partition coefficient (Wildman–Crippen LogP) is 1.24. The molecular weight excluding hydrogens is 256 g/mol. The van der Waals surface area contributed by atoms with E-state index in [9.17, 15) is 26.3 Å². The topological polar surface area (TPSA) is 59.6 Å². The van der Waals surface area contributed by atoms with Gasteiger partial charge >= 0.3 is 12.4 Å². The molecule has 0 aromatic rings. The lowest BCUT2D eigenvalue weighted by Gasteiger charge is -2.24. The SMILES string of the molecule is COCCN=C(NN)C(C(F)(F)F)C(F)(F)F. The average molecular weight is 267 g/mol. The van der Waals surface area contributed by atoms with E-state index < -0.39 is 24.1 Å². The molecule has 102 valence electrons. The molecule has 0 rings (SSSR count). The second kappa shape index (κ2) is 6.05. The van der Waals surface area contributed by atoms with Gasteiger partial charge in [-0.15, -0.1) is 0 Å².